The van der Waals surface area contributed by atoms with Crippen LogP contribution in [0, 0.1) is 11.3 Å². The van der Waals surface area contributed by atoms with E-state index in [1.807, 2.05) is 24.3 Å². The van der Waals surface area contributed by atoms with Crippen molar-refractivity contribution < 1.29 is 4.79 Å². The Morgan fingerprint density at radius 3 is 2.52 bits per heavy atom. The third-order valence-electron chi connectivity index (χ3n) is 3.40. The second-order valence-electron chi connectivity index (χ2n) is 6.01. The number of carbonyl (C=O) groups excluding carboxylic acids is 1. The summed E-state index contributed by atoms with van der Waals surface area (Å²) in [5.74, 6) is 0.271. The average Bonchev–Trinajstić information content (AvgIpc) is 2.92. The minimum atomic E-state index is -0.113. The van der Waals surface area contributed by atoms with E-state index < -0.39 is 0 Å². The summed E-state index contributed by atoms with van der Waals surface area (Å²) < 4.78 is 1.73. The first kappa shape index (κ1) is 15.0. The maximum atomic E-state index is 12.5. The first-order chi connectivity index (χ1) is 9.93. The third-order valence-corrected chi connectivity index (χ3v) is 3.40. The van der Waals surface area contributed by atoms with Gasteiger partial charge in [0.1, 0.15) is 0 Å². The van der Waals surface area contributed by atoms with Gasteiger partial charge in [-0.25, -0.2) is 4.98 Å². The minimum Gasteiger partial charge on any atom is -0.327 e. The van der Waals surface area contributed by atoms with E-state index in [-0.39, 0.29) is 11.2 Å². The van der Waals surface area contributed by atoms with Crippen LogP contribution >= 0.6 is 0 Å². The zero-order valence-corrected chi connectivity index (χ0v) is 12.6. The van der Waals surface area contributed by atoms with Crippen LogP contribution in [0.5, 0.6) is 0 Å². The topological polar surface area (TPSA) is 58.7 Å². The number of aryl methyl sites for hydroxylation is 1. The van der Waals surface area contributed by atoms with Crippen molar-refractivity contribution in [2.45, 2.75) is 39.2 Å². The lowest BCUT2D eigenvalue weighted by molar-refractivity contribution is 0.102. The van der Waals surface area contributed by atoms with E-state index in [9.17, 15) is 4.79 Å². The molecule has 0 saturated carbocycles. The fourth-order valence-electron chi connectivity index (χ4n) is 2.12. The molecule has 4 nitrogen and oxygen atoms in total. The number of nitrogens with zero attached hydrogens (tertiary/aromatic N) is 3. The second kappa shape index (κ2) is 5.92. The van der Waals surface area contributed by atoms with Gasteiger partial charge in [0.15, 0.2) is 5.82 Å². The summed E-state index contributed by atoms with van der Waals surface area (Å²) in [5, 5.41) is 8.65. The van der Waals surface area contributed by atoms with E-state index in [0.717, 1.165) is 0 Å². The highest BCUT2D eigenvalue weighted by atomic mass is 16.1. The minimum absolute atomic E-state index is 0.0623. The van der Waals surface area contributed by atoms with E-state index >= 15 is 0 Å². The summed E-state index contributed by atoms with van der Waals surface area (Å²) in [6, 6.07) is 9.72. The smallest absolute Gasteiger partial charge is 0.228 e. The molecule has 0 spiro atoms. The van der Waals surface area contributed by atoms with Crippen molar-refractivity contribution in [1.82, 2.24) is 9.55 Å². The van der Waals surface area contributed by atoms with Crippen molar-refractivity contribution in [2.75, 3.05) is 0 Å². The molecular formula is C17H19N3O. The second-order valence-corrected chi connectivity index (χ2v) is 6.01. The number of benzene rings is 1. The molecular weight excluding hydrogens is 262 g/mol. The highest BCUT2D eigenvalue weighted by Gasteiger charge is 2.17. The molecule has 2 aromatic rings. The lowest BCUT2D eigenvalue weighted by atomic mass is 9.86. The molecule has 108 valence electrons. The highest BCUT2D eigenvalue weighted by molar-refractivity contribution is 6.06. The molecule has 0 atom stereocenters. The molecule has 0 N–H and O–H groups in total. The van der Waals surface area contributed by atoms with Crippen LogP contribution in [0.3, 0.4) is 0 Å². The lowest BCUT2D eigenvalue weighted by Gasteiger charge is -2.19. The maximum Gasteiger partial charge on any atom is 0.228 e. The van der Waals surface area contributed by atoms with Crippen molar-refractivity contribution in [1.29, 1.82) is 5.26 Å². The van der Waals surface area contributed by atoms with Crippen molar-refractivity contribution in [2.24, 2.45) is 0 Å². The highest BCUT2D eigenvalue weighted by Crippen LogP contribution is 2.22. The third kappa shape index (κ3) is 3.38. The van der Waals surface area contributed by atoms with Gasteiger partial charge in [-0.1, -0.05) is 45.0 Å². The molecule has 0 bridgehead atoms. The van der Waals surface area contributed by atoms with Crippen molar-refractivity contribution in [3.8, 4) is 6.07 Å². The standard InChI is InChI=1S/C17H19N3O/c1-17(2,3)14-7-5-13(6-8-14)15(21)16-19-10-12-20(16)11-4-9-18/h5-8,10,12H,4,11H2,1-3H3. The maximum absolute atomic E-state index is 12.5. The van der Waals surface area contributed by atoms with Crippen LogP contribution < -0.4 is 0 Å². The van der Waals surface area contributed by atoms with Crippen LogP contribution in [-0.4, -0.2) is 15.3 Å². The molecule has 0 aliphatic rings. The number of rotatable bonds is 4. The number of carbonyl (C=O) groups is 1. The molecule has 4 heteroatoms. The monoisotopic (exact) mass is 281 g/mol. The number of imidazole rings is 1. The molecule has 0 aliphatic carbocycles. The molecule has 0 radical (unpaired) electrons. The van der Waals surface area contributed by atoms with E-state index in [2.05, 4.69) is 31.8 Å². The molecule has 0 amide bonds. The van der Waals surface area contributed by atoms with Crippen LogP contribution in [0.15, 0.2) is 36.7 Å². The van der Waals surface area contributed by atoms with Gasteiger partial charge in [0.2, 0.25) is 5.78 Å². The summed E-state index contributed by atoms with van der Waals surface area (Å²) in [7, 11) is 0. The van der Waals surface area contributed by atoms with Crippen LogP contribution in [-0.2, 0) is 12.0 Å². The van der Waals surface area contributed by atoms with Crippen molar-refractivity contribution >= 4 is 5.78 Å². The Kier molecular flexibility index (Phi) is 4.23. The molecule has 1 aromatic carbocycles. The lowest BCUT2D eigenvalue weighted by Crippen LogP contribution is -2.13. The number of hydrogen-bond donors (Lipinski definition) is 0. The van der Waals surface area contributed by atoms with Crippen LogP contribution in [0.25, 0.3) is 0 Å². The summed E-state index contributed by atoms with van der Waals surface area (Å²) >= 11 is 0. The zero-order chi connectivity index (χ0) is 15.5. The van der Waals surface area contributed by atoms with Gasteiger partial charge in [-0.2, -0.15) is 5.26 Å². The van der Waals surface area contributed by atoms with E-state index in [1.54, 1.807) is 17.0 Å². The number of hydrogen-bond acceptors (Lipinski definition) is 3. The number of nitriles is 1. The van der Waals surface area contributed by atoms with Gasteiger partial charge in [0.25, 0.3) is 0 Å². The predicted molar refractivity (Wildman–Crippen MR) is 81.0 cm³/mol. The Morgan fingerprint density at radius 1 is 1.29 bits per heavy atom. The normalized spacial score (nSPS) is 11.1. The fourth-order valence-corrected chi connectivity index (χ4v) is 2.12. The summed E-state index contributed by atoms with van der Waals surface area (Å²) in [6.07, 6.45) is 3.68. The molecule has 0 unspecified atom stereocenters. The average molecular weight is 281 g/mol. The van der Waals surface area contributed by atoms with E-state index in [0.29, 0.717) is 24.4 Å². The molecule has 0 aliphatic heterocycles. The fraction of sp³-hybridized carbons (Fsp3) is 0.353. The zero-order valence-electron chi connectivity index (χ0n) is 12.6. The Balaban J connectivity index is 2.25. The number of aromatic nitrogens is 2. The number of ketones is 1. The van der Waals surface area contributed by atoms with Crippen LogP contribution in [0.1, 0.15) is 48.9 Å². The molecule has 21 heavy (non-hydrogen) atoms. The van der Waals surface area contributed by atoms with Gasteiger partial charge in [-0.05, 0) is 11.0 Å². The van der Waals surface area contributed by atoms with Gasteiger partial charge in [0.05, 0.1) is 12.5 Å². The van der Waals surface area contributed by atoms with Crippen LogP contribution in [0.4, 0.5) is 0 Å². The quantitative estimate of drug-likeness (QED) is 0.808. The predicted octanol–water partition coefficient (Wildman–Crippen LogP) is 3.33. The molecule has 0 saturated heterocycles. The first-order valence-corrected chi connectivity index (χ1v) is 6.97. The van der Waals surface area contributed by atoms with Gasteiger partial charge >= 0.3 is 0 Å². The van der Waals surface area contributed by atoms with Gasteiger partial charge in [-0.3, -0.25) is 4.79 Å². The Hall–Kier alpha value is -2.41. The van der Waals surface area contributed by atoms with Gasteiger partial charge in [-0.15, -0.1) is 0 Å². The van der Waals surface area contributed by atoms with E-state index in [1.165, 1.54) is 5.56 Å². The van der Waals surface area contributed by atoms with E-state index in [4.69, 9.17) is 5.26 Å². The molecule has 1 aromatic heterocycles. The summed E-state index contributed by atoms with van der Waals surface area (Å²) in [6.45, 7) is 6.90. The van der Waals surface area contributed by atoms with Crippen LogP contribution in [0.2, 0.25) is 0 Å². The van der Waals surface area contributed by atoms with Crippen molar-refractivity contribution in [3.63, 3.8) is 0 Å². The Morgan fingerprint density at radius 2 is 1.95 bits per heavy atom. The van der Waals surface area contributed by atoms with Gasteiger partial charge in [0, 0.05) is 24.5 Å². The largest absolute Gasteiger partial charge is 0.327 e. The molecule has 1 heterocycles. The first-order valence-electron chi connectivity index (χ1n) is 6.97. The molecule has 2 rings (SSSR count). The Bertz CT molecular complexity index is 669. The van der Waals surface area contributed by atoms with Gasteiger partial charge < -0.3 is 4.57 Å². The summed E-state index contributed by atoms with van der Waals surface area (Å²) in [4.78, 5) is 16.6. The Labute approximate surface area is 125 Å². The molecule has 0 fully saturated rings. The van der Waals surface area contributed by atoms with Crippen molar-refractivity contribution in [3.05, 3.63) is 53.6 Å². The summed E-state index contributed by atoms with van der Waals surface area (Å²) in [5.41, 5.74) is 1.87. The SMILES string of the molecule is CC(C)(C)c1ccc(C(=O)c2nccn2CCC#N)cc1.